The summed E-state index contributed by atoms with van der Waals surface area (Å²) >= 11 is 0. The molecule has 3 aromatic rings. The molecule has 0 saturated carbocycles. The average Bonchev–Trinajstić information content (AvgIpc) is 2.98. The molecule has 26 heavy (non-hydrogen) atoms. The van der Waals surface area contributed by atoms with E-state index in [1.54, 1.807) is 6.20 Å². The van der Waals surface area contributed by atoms with E-state index < -0.39 is 16.1 Å². The molecule has 3 rings (SSSR count). The summed E-state index contributed by atoms with van der Waals surface area (Å²) in [5.74, 6) is 0.641. The molecule has 1 atom stereocenters. The maximum Gasteiger partial charge on any atom is 0.242 e. The number of nitrogens with zero attached hydrogens (tertiary/aromatic N) is 2. The van der Waals surface area contributed by atoms with Crippen LogP contribution in [0.3, 0.4) is 0 Å². The maximum atomic E-state index is 13.2. The fourth-order valence-electron chi connectivity index (χ4n) is 3.38. The Kier molecular flexibility index (Phi) is 4.98. The highest BCUT2D eigenvalue weighted by atomic mass is 32.2. The van der Waals surface area contributed by atoms with Crippen LogP contribution in [0.25, 0.3) is 0 Å². The van der Waals surface area contributed by atoms with E-state index in [2.05, 4.69) is 9.71 Å². The van der Waals surface area contributed by atoms with Crippen LogP contribution in [0.15, 0.2) is 59.8 Å². The van der Waals surface area contributed by atoms with Crippen molar-refractivity contribution in [3.63, 3.8) is 0 Å². The summed E-state index contributed by atoms with van der Waals surface area (Å²) in [5.41, 5.74) is 3.36. The first-order chi connectivity index (χ1) is 12.3. The Hall–Kier alpha value is -2.44. The highest BCUT2D eigenvalue weighted by molar-refractivity contribution is 7.89. The summed E-state index contributed by atoms with van der Waals surface area (Å²) in [7, 11) is -1.88. The molecule has 0 saturated heterocycles. The fourth-order valence-corrected chi connectivity index (χ4v) is 5.01. The largest absolute Gasteiger partial charge is 0.336 e. The summed E-state index contributed by atoms with van der Waals surface area (Å²) in [6.45, 7) is 5.62. The first-order valence-electron chi connectivity index (χ1n) is 8.42. The number of imidazole rings is 1. The SMILES string of the molecule is Cc1cc(C)c(S(=O)(=O)NC(c2ccccc2)c2nccn2C)c(C)c1. The quantitative estimate of drug-likeness (QED) is 0.749. The van der Waals surface area contributed by atoms with Crippen LogP contribution in [-0.4, -0.2) is 18.0 Å². The molecule has 5 nitrogen and oxygen atoms in total. The zero-order chi connectivity index (χ0) is 18.9. The molecule has 1 N–H and O–H groups in total. The second kappa shape index (κ2) is 7.05. The molecule has 0 aliphatic heterocycles. The van der Waals surface area contributed by atoms with Crippen LogP contribution >= 0.6 is 0 Å². The lowest BCUT2D eigenvalue weighted by atomic mass is 10.1. The molecule has 0 bridgehead atoms. The van der Waals surface area contributed by atoms with Crippen LogP contribution in [0.2, 0.25) is 0 Å². The lowest BCUT2D eigenvalue weighted by Gasteiger charge is -2.21. The Balaban J connectivity index is 2.09. The van der Waals surface area contributed by atoms with Gasteiger partial charge in [-0.15, -0.1) is 0 Å². The van der Waals surface area contributed by atoms with Crippen molar-refractivity contribution in [1.82, 2.24) is 14.3 Å². The molecular formula is C20H23N3O2S. The minimum absolute atomic E-state index is 0.332. The second-order valence-corrected chi connectivity index (χ2v) is 8.24. The van der Waals surface area contributed by atoms with Gasteiger partial charge in [0, 0.05) is 19.4 Å². The van der Waals surface area contributed by atoms with Gasteiger partial charge in [0.1, 0.15) is 11.9 Å². The predicted molar refractivity (Wildman–Crippen MR) is 102 cm³/mol. The van der Waals surface area contributed by atoms with E-state index in [-0.39, 0.29) is 0 Å². The highest BCUT2D eigenvalue weighted by Gasteiger charge is 2.27. The van der Waals surface area contributed by atoms with Crippen molar-refractivity contribution in [2.45, 2.75) is 31.7 Å². The number of aromatic nitrogens is 2. The Morgan fingerprint density at radius 3 is 2.19 bits per heavy atom. The summed E-state index contributed by atoms with van der Waals surface area (Å²) in [6.07, 6.45) is 3.48. The van der Waals surface area contributed by atoms with E-state index in [0.29, 0.717) is 10.7 Å². The molecule has 1 heterocycles. The number of nitrogens with one attached hydrogen (secondary N) is 1. The molecule has 136 valence electrons. The third-order valence-corrected chi connectivity index (χ3v) is 6.12. The van der Waals surface area contributed by atoms with Crippen molar-refractivity contribution in [2.24, 2.45) is 7.05 Å². The number of hydrogen-bond acceptors (Lipinski definition) is 3. The molecule has 6 heteroatoms. The van der Waals surface area contributed by atoms with E-state index in [1.165, 1.54) is 0 Å². The van der Waals surface area contributed by atoms with E-state index in [4.69, 9.17) is 0 Å². The van der Waals surface area contributed by atoms with Gasteiger partial charge in [0.25, 0.3) is 0 Å². The molecule has 0 aliphatic rings. The minimum atomic E-state index is -3.73. The summed E-state index contributed by atoms with van der Waals surface area (Å²) < 4.78 is 31.1. The summed E-state index contributed by atoms with van der Waals surface area (Å²) in [6, 6.07) is 12.7. The van der Waals surface area contributed by atoms with Crippen molar-refractivity contribution >= 4 is 10.0 Å². The van der Waals surface area contributed by atoms with Crippen molar-refractivity contribution in [1.29, 1.82) is 0 Å². The van der Waals surface area contributed by atoms with Gasteiger partial charge in [0.2, 0.25) is 10.0 Å². The number of rotatable bonds is 5. The van der Waals surface area contributed by atoms with Crippen molar-refractivity contribution in [2.75, 3.05) is 0 Å². The van der Waals surface area contributed by atoms with Crippen molar-refractivity contribution in [3.8, 4) is 0 Å². The van der Waals surface area contributed by atoms with Gasteiger partial charge in [-0.3, -0.25) is 0 Å². The molecule has 0 spiro atoms. The minimum Gasteiger partial charge on any atom is -0.336 e. The Morgan fingerprint density at radius 2 is 1.65 bits per heavy atom. The van der Waals surface area contributed by atoms with E-state index in [0.717, 1.165) is 22.3 Å². The second-order valence-electron chi connectivity index (χ2n) is 6.59. The zero-order valence-corrected chi connectivity index (χ0v) is 16.2. The van der Waals surface area contributed by atoms with E-state index in [9.17, 15) is 8.42 Å². The molecular weight excluding hydrogens is 346 g/mol. The summed E-state index contributed by atoms with van der Waals surface area (Å²) in [5, 5.41) is 0. The van der Waals surface area contributed by atoms with Crippen LogP contribution in [0.1, 0.15) is 34.1 Å². The molecule has 0 aliphatic carbocycles. The molecule has 1 unspecified atom stereocenters. The molecule has 1 aromatic heterocycles. The molecule has 0 amide bonds. The fraction of sp³-hybridized carbons (Fsp3) is 0.250. The van der Waals surface area contributed by atoms with Gasteiger partial charge in [0.15, 0.2) is 0 Å². The Labute approximate surface area is 154 Å². The summed E-state index contributed by atoms with van der Waals surface area (Å²) in [4.78, 5) is 4.70. The third-order valence-electron chi connectivity index (χ3n) is 4.40. The van der Waals surface area contributed by atoms with Crippen LogP contribution < -0.4 is 4.72 Å². The third kappa shape index (κ3) is 3.57. The predicted octanol–water partition coefficient (Wildman–Crippen LogP) is 3.41. The van der Waals surface area contributed by atoms with Crippen LogP contribution in [0, 0.1) is 20.8 Å². The number of aryl methyl sites for hydroxylation is 4. The smallest absolute Gasteiger partial charge is 0.242 e. The monoisotopic (exact) mass is 369 g/mol. The van der Waals surface area contributed by atoms with Crippen molar-refractivity contribution in [3.05, 3.63) is 82.9 Å². The molecule has 2 aromatic carbocycles. The Morgan fingerprint density at radius 1 is 1.04 bits per heavy atom. The van der Waals surface area contributed by atoms with Crippen LogP contribution in [0.5, 0.6) is 0 Å². The average molecular weight is 369 g/mol. The molecule has 0 fully saturated rings. The topological polar surface area (TPSA) is 64.0 Å². The number of benzene rings is 2. The van der Waals surface area contributed by atoms with Gasteiger partial charge in [-0.2, -0.15) is 4.72 Å². The van der Waals surface area contributed by atoms with Gasteiger partial charge in [0.05, 0.1) is 4.90 Å². The first kappa shape index (κ1) is 18.4. The van der Waals surface area contributed by atoms with Gasteiger partial charge >= 0.3 is 0 Å². The lowest BCUT2D eigenvalue weighted by molar-refractivity contribution is 0.561. The highest BCUT2D eigenvalue weighted by Crippen LogP contribution is 2.26. The van der Waals surface area contributed by atoms with Crippen LogP contribution in [-0.2, 0) is 17.1 Å². The van der Waals surface area contributed by atoms with E-state index >= 15 is 0 Å². The van der Waals surface area contributed by atoms with Gasteiger partial charge in [-0.1, -0.05) is 48.0 Å². The molecule has 0 radical (unpaired) electrons. The zero-order valence-electron chi connectivity index (χ0n) is 15.4. The number of sulfonamides is 1. The standard InChI is InChI=1S/C20H23N3O2S/c1-14-12-15(2)19(16(3)13-14)26(24,25)22-18(17-8-6-5-7-9-17)20-21-10-11-23(20)4/h5-13,18,22H,1-4H3. The van der Waals surface area contributed by atoms with Crippen LogP contribution in [0.4, 0.5) is 0 Å². The van der Waals surface area contributed by atoms with Gasteiger partial charge in [-0.25, -0.2) is 13.4 Å². The normalized spacial score (nSPS) is 12.9. The number of hydrogen-bond donors (Lipinski definition) is 1. The first-order valence-corrected chi connectivity index (χ1v) is 9.90. The lowest BCUT2D eigenvalue weighted by Crippen LogP contribution is -2.32. The van der Waals surface area contributed by atoms with Gasteiger partial charge < -0.3 is 4.57 Å². The maximum absolute atomic E-state index is 13.2. The van der Waals surface area contributed by atoms with Gasteiger partial charge in [-0.05, 0) is 37.5 Å². The van der Waals surface area contributed by atoms with Crippen molar-refractivity contribution < 1.29 is 8.42 Å². The van der Waals surface area contributed by atoms with E-state index in [1.807, 2.05) is 81.0 Å². The Bertz CT molecular complexity index is 1000.